The van der Waals surface area contributed by atoms with Crippen molar-refractivity contribution in [1.29, 1.82) is 0 Å². The van der Waals surface area contributed by atoms with E-state index in [4.69, 9.17) is 12.2 Å². The molecule has 0 saturated carbocycles. The first-order valence-electron chi connectivity index (χ1n) is 6.03. The molecule has 0 aliphatic heterocycles. The Labute approximate surface area is 134 Å². The molecule has 1 aromatic carbocycles. The molecule has 102 valence electrons. The van der Waals surface area contributed by atoms with Crippen molar-refractivity contribution in [3.05, 3.63) is 55.9 Å². The van der Waals surface area contributed by atoms with E-state index in [0.717, 1.165) is 22.2 Å². The number of rotatable bonds is 2. The lowest BCUT2D eigenvalue weighted by Crippen LogP contribution is -2.02. The second-order valence-electron chi connectivity index (χ2n) is 4.60. The highest BCUT2D eigenvalue weighted by Gasteiger charge is 2.10. The number of hydrogen-bond acceptors (Lipinski definition) is 2. The number of nitrogens with zero attached hydrogens (tertiary/aromatic N) is 2. The van der Waals surface area contributed by atoms with Crippen LogP contribution in [0.1, 0.15) is 11.1 Å². The Bertz CT molecular complexity index is 853. The molecule has 20 heavy (non-hydrogen) atoms. The maximum Gasteiger partial charge on any atom is 0.178 e. The van der Waals surface area contributed by atoms with Crippen molar-refractivity contribution in [1.82, 2.24) is 14.5 Å². The number of fused-ring (bicyclic) bond motifs is 1. The summed E-state index contributed by atoms with van der Waals surface area (Å²) in [5.74, 6) is -0.229. The monoisotopic (exact) mass is 399 g/mol. The minimum atomic E-state index is -0.229. The second-order valence-corrected chi connectivity index (χ2v) is 6.15. The number of halogens is 2. The highest BCUT2D eigenvalue weighted by Crippen LogP contribution is 2.22. The Morgan fingerprint density at radius 2 is 2.25 bits per heavy atom. The van der Waals surface area contributed by atoms with Crippen LogP contribution in [-0.2, 0) is 6.54 Å². The lowest BCUT2D eigenvalue weighted by atomic mass is 10.1. The predicted octanol–water partition coefficient (Wildman–Crippen LogP) is 4.19. The lowest BCUT2D eigenvalue weighted by molar-refractivity contribution is 0.621. The molecule has 0 saturated heterocycles. The molecule has 1 N–H and O–H groups in total. The zero-order valence-corrected chi connectivity index (χ0v) is 13.6. The van der Waals surface area contributed by atoms with E-state index in [1.807, 2.05) is 46.3 Å². The van der Waals surface area contributed by atoms with E-state index in [9.17, 15) is 4.39 Å². The van der Waals surface area contributed by atoms with Gasteiger partial charge in [0.15, 0.2) is 4.77 Å². The van der Waals surface area contributed by atoms with Crippen LogP contribution in [0.25, 0.3) is 11.0 Å². The minimum absolute atomic E-state index is 0.229. The molecule has 3 rings (SSSR count). The summed E-state index contributed by atoms with van der Waals surface area (Å²) >= 11 is 7.32. The van der Waals surface area contributed by atoms with Gasteiger partial charge < -0.3 is 9.55 Å². The number of H-pyrrole nitrogens is 1. The normalized spacial score (nSPS) is 11.2. The van der Waals surface area contributed by atoms with Gasteiger partial charge >= 0.3 is 0 Å². The van der Waals surface area contributed by atoms with Crippen LogP contribution in [0.3, 0.4) is 0 Å². The van der Waals surface area contributed by atoms with Gasteiger partial charge in [0.05, 0.1) is 21.1 Å². The zero-order valence-electron chi connectivity index (χ0n) is 10.7. The molecule has 0 bridgehead atoms. The fourth-order valence-electron chi connectivity index (χ4n) is 2.16. The fraction of sp³-hybridized carbons (Fsp3) is 0.143. The molecule has 2 aromatic heterocycles. The van der Waals surface area contributed by atoms with Gasteiger partial charge in [-0.2, -0.15) is 0 Å². The first-order chi connectivity index (χ1) is 9.56. The number of nitrogens with one attached hydrogen (secondary N) is 1. The van der Waals surface area contributed by atoms with Crippen LogP contribution < -0.4 is 0 Å². The number of aryl methyl sites for hydroxylation is 1. The van der Waals surface area contributed by atoms with Crippen LogP contribution in [0.5, 0.6) is 0 Å². The molecule has 3 aromatic rings. The summed E-state index contributed by atoms with van der Waals surface area (Å²) in [5.41, 5.74) is 3.85. The van der Waals surface area contributed by atoms with Crippen LogP contribution in [0.15, 0.2) is 30.6 Å². The topological polar surface area (TPSA) is 33.6 Å². The van der Waals surface area contributed by atoms with Gasteiger partial charge in [-0.05, 0) is 65.0 Å². The molecule has 0 unspecified atom stereocenters. The summed E-state index contributed by atoms with van der Waals surface area (Å²) in [6.45, 7) is 2.61. The molecular weight excluding hydrogens is 388 g/mol. The smallest absolute Gasteiger partial charge is 0.178 e. The number of imidazole rings is 1. The highest BCUT2D eigenvalue weighted by molar-refractivity contribution is 14.1. The fourth-order valence-corrected chi connectivity index (χ4v) is 2.90. The van der Waals surface area contributed by atoms with E-state index in [-0.39, 0.29) is 5.82 Å². The third kappa shape index (κ3) is 2.37. The van der Waals surface area contributed by atoms with E-state index in [1.165, 1.54) is 6.07 Å². The molecule has 0 atom stereocenters. The van der Waals surface area contributed by atoms with E-state index >= 15 is 0 Å². The van der Waals surface area contributed by atoms with Gasteiger partial charge in [-0.25, -0.2) is 4.39 Å². The highest BCUT2D eigenvalue weighted by atomic mass is 127. The first-order valence-corrected chi connectivity index (χ1v) is 7.52. The summed E-state index contributed by atoms with van der Waals surface area (Å²) < 4.78 is 16.9. The van der Waals surface area contributed by atoms with Crippen LogP contribution in [0.4, 0.5) is 4.39 Å². The van der Waals surface area contributed by atoms with E-state index in [2.05, 4.69) is 9.97 Å². The number of hydrogen-bond donors (Lipinski definition) is 1. The lowest BCUT2D eigenvalue weighted by Gasteiger charge is -2.07. The summed E-state index contributed by atoms with van der Waals surface area (Å²) in [6, 6.07) is 5.26. The SMILES string of the molecule is Cc1cnccc1Cn1c(=S)[nH]c2cc(I)c(F)cc21. The Morgan fingerprint density at radius 1 is 1.45 bits per heavy atom. The first kappa shape index (κ1) is 13.7. The van der Waals surface area contributed by atoms with Crippen molar-refractivity contribution < 1.29 is 4.39 Å². The molecule has 0 aliphatic rings. The van der Waals surface area contributed by atoms with Gasteiger partial charge in [0, 0.05) is 18.5 Å². The summed E-state index contributed by atoms with van der Waals surface area (Å²) in [7, 11) is 0. The third-order valence-electron chi connectivity index (χ3n) is 3.28. The van der Waals surface area contributed by atoms with Gasteiger partial charge in [-0.1, -0.05) is 0 Å². The number of aromatic nitrogens is 3. The van der Waals surface area contributed by atoms with Crippen LogP contribution in [0.2, 0.25) is 0 Å². The predicted molar refractivity (Wildman–Crippen MR) is 87.9 cm³/mol. The average Bonchev–Trinajstić information content (AvgIpc) is 2.69. The van der Waals surface area contributed by atoms with Crippen molar-refractivity contribution in [3.63, 3.8) is 0 Å². The summed E-state index contributed by atoms with van der Waals surface area (Å²) in [6.07, 6.45) is 3.57. The van der Waals surface area contributed by atoms with Crippen molar-refractivity contribution >= 4 is 45.8 Å². The van der Waals surface area contributed by atoms with E-state index in [1.54, 1.807) is 12.3 Å². The molecule has 0 radical (unpaired) electrons. The Morgan fingerprint density at radius 3 is 3.00 bits per heavy atom. The van der Waals surface area contributed by atoms with Crippen molar-refractivity contribution in [3.8, 4) is 0 Å². The number of benzene rings is 1. The van der Waals surface area contributed by atoms with Crippen molar-refractivity contribution in [2.45, 2.75) is 13.5 Å². The van der Waals surface area contributed by atoms with Gasteiger partial charge in [-0.3, -0.25) is 4.98 Å². The van der Waals surface area contributed by atoms with Crippen LogP contribution >= 0.6 is 34.8 Å². The third-order valence-corrected chi connectivity index (χ3v) is 4.43. The van der Waals surface area contributed by atoms with E-state index < -0.39 is 0 Å². The van der Waals surface area contributed by atoms with Crippen LogP contribution in [0, 0.1) is 21.1 Å². The number of aromatic amines is 1. The van der Waals surface area contributed by atoms with E-state index in [0.29, 0.717) is 14.9 Å². The minimum Gasteiger partial charge on any atom is -0.331 e. The molecule has 0 fully saturated rings. The van der Waals surface area contributed by atoms with Gasteiger partial charge in [0.2, 0.25) is 0 Å². The van der Waals surface area contributed by atoms with Crippen LogP contribution in [-0.4, -0.2) is 14.5 Å². The van der Waals surface area contributed by atoms with Gasteiger partial charge in [0.1, 0.15) is 5.82 Å². The summed E-state index contributed by atoms with van der Waals surface area (Å²) in [4.78, 5) is 7.21. The zero-order chi connectivity index (χ0) is 14.3. The summed E-state index contributed by atoms with van der Waals surface area (Å²) in [5, 5.41) is 0. The van der Waals surface area contributed by atoms with Crippen molar-refractivity contribution in [2.75, 3.05) is 0 Å². The largest absolute Gasteiger partial charge is 0.331 e. The standard InChI is InChI=1S/C14H11FIN3S/c1-8-6-17-3-2-9(8)7-19-13-4-10(15)11(16)5-12(13)18-14(19)20/h2-6H,7H2,1H3,(H,18,20). The molecular formula is C14H11FIN3S. The molecule has 6 heteroatoms. The molecule has 0 spiro atoms. The Balaban J connectivity index is 2.17. The molecule has 2 heterocycles. The molecule has 0 aliphatic carbocycles. The quantitative estimate of drug-likeness (QED) is 0.518. The second kappa shape index (κ2) is 5.25. The molecule has 0 amide bonds. The van der Waals surface area contributed by atoms with Crippen molar-refractivity contribution in [2.24, 2.45) is 0 Å². The maximum atomic E-state index is 13.8. The Hall–Kier alpha value is -1.28. The average molecular weight is 399 g/mol. The molecule has 3 nitrogen and oxygen atoms in total. The van der Waals surface area contributed by atoms with Gasteiger partial charge in [0.25, 0.3) is 0 Å². The van der Waals surface area contributed by atoms with Gasteiger partial charge in [-0.15, -0.1) is 0 Å². The number of pyridine rings is 1. The Kier molecular flexibility index (Phi) is 3.59. The maximum absolute atomic E-state index is 13.8.